The van der Waals surface area contributed by atoms with Crippen LogP contribution in [0.15, 0.2) is 18.5 Å². The Kier molecular flexibility index (Phi) is 4.56. The lowest BCUT2D eigenvalue weighted by atomic mass is 10.2. The molecule has 15 heavy (non-hydrogen) atoms. The van der Waals surface area contributed by atoms with E-state index in [4.69, 9.17) is 0 Å². The number of nitrogens with zero attached hydrogens (tertiary/aromatic N) is 2. The van der Waals surface area contributed by atoms with Crippen LogP contribution in [0.25, 0.3) is 0 Å². The Morgan fingerprint density at radius 3 is 2.80 bits per heavy atom. The zero-order chi connectivity index (χ0) is 11.3. The van der Waals surface area contributed by atoms with Gasteiger partial charge in [0.2, 0.25) is 0 Å². The molecule has 1 aromatic rings. The highest BCUT2D eigenvalue weighted by atomic mass is 16.1. The maximum Gasteiger partial charge on any atom is 0.178 e. The number of likely N-dealkylation sites (N-methyl/N-ethyl adjacent to an activating group) is 1. The number of carbonyl (C=O) groups is 1. The van der Waals surface area contributed by atoms with E-state index in [0.29, 0.717) is 6.54 Å². The van der Waals surface area contributed by atoms with E-state index in [1.807, 2.05) is 37.1 Å². The molecule has 0 aliphatic rings. The monoisotopic (exact) mass is 208 g/mol. The Morgan fingerprint density at radius 1 is 1.53 bits per heavy atom. The number of aromatic nitrogens is 1. The summed E-state index contributed by atoms with van der Waals surface area (Å²) in [7, 11) is 3.92. The third-order valence-electron chi connectivity index (χ3n) is 2.46. The summed E-state index contributed by atoms with van der Waals surface area (Å²) in [5.41, 5.74) is 0.806. The number of hydrogen-bond donors (Lipinski definition) is 0. The normalized spacial score (nSPS) is 10.9. The molecule has 0 aliphatic heterocycles. The Balaban J connectivity index is 2.42. The van der Waals surface area contributed by atoms with Gasteiger partial charge < -0.3 is 4.57 Å². The van der Waals surface area contributed by atoms with Gasteiger partial charge in [-0.05, 0) is 26.1 Å². The van der Waals surface area contributed by atoms with Crippen molar-refractivity contribution >= 4 is 5.78 Å². The largest absolute Gasteiger partial charge is 0.357 e. The van der Waals surface area contributed by atoms with Crippen LogP contribution in [0.2, 0.25) is 0 Å². The summed E-state index contributed by atoms with van der Waals surface area (Å²) in [6, 6.07) is 1.87. The summed E-state index contributed by atoms with van der Waals surface area (Å²) in [6.07, 6.45) is 6.09. The first kappa shape index (κ1) is 12.0. The predicted octanol–water partition coefficient (Wildman–Crippen LogP) is 1.94. The fraction of sp³-hybridized carbons (Fsp3) is 0.583. The van der Waals surface area contributed by atoms with Crippen LogP contribution in [-0.4, -0.2) is 35.4 Å². The van der Waals surface area contributed by atoms with E-state index in [-0.39, 0.29) is 5.78 Å². The molecule has 0 aliphatic carbocycles. The second-order valence-corrected chi connectivity index (χ2v) is 4.08. The van der Waals surface area contributed by atoms with Crippen LogP contribution in [-0.2, 0) is 7.05 Å². The summed E-state index contributed by atoms with van der Waals surface area (Å²) in [4.78, 5) is 13.9. The van der Waals surface area contributed by atoms with Gasteiger partial charge in [-0.1, -0.05) is 13.3 Å². The molecule has 3 heteroatoms. The van der Waals surface area contributed by atoms with Crippen LogP contribution in [0.3, 0.4) is 0 Å². The summed E-state index contributed by atoms with van der Waals surface area (Å²) in [6.45, 7) is 3.67. The number of rotatable bonds is 6. The minimum absolute atomic E-state index is 0.203. The van der Waals surface area contributed by atoms with Gasteiger partial charge >= 0.3 is 0 Å². The van der Waals surface area contributed by atoms with Crippen molar-refractivity contribution in [2.75, 3.05) is 20.1 Å². The van der Waals surface area contributed by atoms with Gasteiger partial charge in [0.15, 0.2) is 5.78 Å². The van der Waals surface area contributed by atoms with Gasteiger partial charge in [0, 0.05) is 25.0 Å². The molecular weight excluding hydrogens is 188 g/mol. The van der Waals surface area contributed by atoms with Gasteiger partial charge in [-0.2, -0.15) is 0 Å². The average Bonchev–Trinajstić information content (AvgIpc) is 2.61. The van der Waals surface area contributed by atoms with Crippen molar-refractivity contribution in [3.8, 4) is 0 Å². The number of unbranched alkanes of at least 4 members (excludes halogenated alkanes) is 1. The SMILES string of the molecule is CCCCN(C)CC(=O)c1ccn(C)c1. The standard InChI is InChI=1S/C12H20N2O/c1-4-5-7-13(2)10-12(15)11-6-8-14(3)9-11/h6,8-9H,4-5,7,10H2,1-3H3. The molecule has 3 nitrogen and oxygen atoms in total. The Labute approximate surface area is 91.7 Å². The lowest BCUT2D eigenvalue weighted by Gasteiger charge is -2.14. The molecule has 0 spiro atoms. The molecule has 0 N–H and O–H groups in total. The number of aryl methyl sites for hydroxylation is 1. The minimum Gasteiger partial charge on any atom is -0.357 e. The van der Waals surface area contributed by atoms with Crippen molar-refractivity contribution in [3.63, 3.8) is 0 Å². The smallest absolute Gasteiger partial charge is 0.178 e. The van der Waals surface area contributed by atoms with Gasteiger partial charge in [0.25, 0.3) is 0 Å². The number of hydrogen-bond acceptors (Lipinski definition) is 2. The van der Waals surface area contributed by atoms with Gasteiger partial charge in [0.1, 0.15) is 0 Å². The van der Waals surface area contributed by atoms with Crippen molar-refractivity contribution in [2.24, 2.45) is 7.05 Å². The minimum atomic E-state index is 0.203. The second-order valence-electron chi connectivity index (χ2n) is 4.08. The zero-order valence-electron chi connectivity index (χ0n) is 9.86. The first-order chi connectivity index (χ1) is 7.13. The van der Waals surface area contributed by atoms with E-state index in [9.17, 15) is 4.79 Å². The molecule has 1 aromatic heterocycles. The molecule has 0 aromatic carbocycles. The van der Waals surface area contributed by atoms with Crippen LogP contribution in [0.4, 0.5) is 0 Å². The lowest BCUT2D eigenvalue weighted by Crippen LogP contribution is -2.26. The fourth-order valence-electron chi connectivity index (χ4n) is 1.51. The van der Waals surface area contributed by atoms with Crippen molar-refractivity contribution in [1.82, 2.24) is 9.47 Å². The summed E-state index contributed by atoms with van der Waals surface area (Å²) < 4.78 is 1.90. The van der Waals surface area contributed by atoms with Crippen LogP contribution < -0.4 is 0 Å². The highest BCUT2D eigenvalue weighted by Crippen LogP contribution is 2.02. The van der Waals surface area contributed by atoms with E-state index < -0.39 is 0 Å². The molecule has 0 saturated carbocycles. The molecule has 0 atom stereocenters. The van der Waals surface area contributed by atoms with Gasteiger partial charge in [0.05, 0.1) is 6.54 Å². The predicted molar refractivity (Wildman–Crippen MR) is 62.1 cm³/mol. The molecular formula is C12H20N2O. The molecule has 1 rings (SSSR count). The van der Waals surface area contributed by atoms with E-state index in [1.54, 1.807) is 0 Å². The van der Waals surface area contributed by atoms with Crippen molar-refractivity contribution in [3.05, 3.63) is 24.0 Å². The van der Waals surface area contributed by atoms with Crippen LogP contribution in [0.1, 0.15) is 30.1 Å². The van der Waals surface area contributed by atoms with Crippen molar-refractivity contribution in [1.29, 1.82) is 0 Å². The number of carbonyl (C=O) groups excluding carboxylic acids is 1. The molecule has 1 heterocycles. The molecule has 0 fully saturated rings. The van der Waals surface area contributed by atoms with Crippen molar-refractivity contribution < 1.29 is 4.79 Å². The molecule has 0 bridgehead atoms. The molecule has 0 unspecified atom stereocenters. The van der Waals surface area contributed by atoms with E-state index in [2.05, 4.69) is 11.8 Å². The summed E-state index contributed by atoms with van der Waals surface area (Å²) in [5, 5.41) is 0. The molecule has 84 valence electrons. The fourth-order valence-corrected chi connectivity index (χ4v) is 1.51. The van der Waals surface area contributed by atoms with Crippen molar-refractivity contribution in [2.45, 2.75) is 19.8 Å². The zero-order valence-corrected chi connectivity index (χ0v) is 9.86. The summed E-state index contributed by atoms with van der Waals surface area (Å²) >= 11 is 0. The van der Waals surface area contributed by atoms with Gasteiger partial charge in [-0.25, -0.2) is 0 Å². The van der Waals surface area contributed by atoms with E-state index in [0.717, 1.165) is 18.5 Å². The molecule has 0 amide bonds. The third kappa shape index (κ3) is 3.88. The average molecular weight is 208 g/mol. The Morgan fingerprint density at radius 2 is 2.27 bits per heavy atom. The Hall–Kier alpha value is -1.09. The molecule has 0 saturated heterocycles. The van der Waals surface area contributed by atoms with Crippen LogP contribution >= 0.6 is 0 Å². The topological polar surface area (TPSA) is 25.2 Å². The maximum atomic E-state index is 11.8. The first-order valence-corrected chi connectivity index (χ1v) is 5.47. The molecule has 0 radical (unpaired) electrons. The number of ketones is 1. The number of Topliss-reactive ketones (excluding diaryl/α,β-unsaturated/α-hetero) is 1. The van der Waals surface area contributed by atoms with E-state index >= 15 is 0 Å². The quantitative estimate of drug-likeness (QED) is 0.667. The van der Waals surface area contributed by atoms with Gasteiger partial charge in [-0.3, -0.25) is 9.69 Å². The Bertz CT molecular complexity index is 317. The lowest BCUT2D eigenvalue weighted by molar-refractivity contribution is 0.0945. The maximum absolute atomic E-state index is 11.8. The second kappa shape index (κ2) is 5.71. The third-order valence-corrected chi connectivity index (χ3v) is 2.46. The van der Waals surface area contributed by atoms with E-state index in [1.165, 1.54) is 6.42 Å². The first-order valence-electron chi connectivity index (χ1n) is 5.47. The van der Waals surface area contributed by atoms with Crippen LogP contribution in [0.5, 0.6) is 0 Å². The summed E-state index contributed by atoms with van der Waals surface area (Å²) in [5.74, 6) is 0.203. The highest BCUT2D eigenvalue weighted by molar-refractivity contribution is 5.97. The van der Waals surface area contributed by atoms with Crippen LogP contribution in [0, 0.1) is 0 Å². The highest BCUT2D eigenvalue weighted by Gasteiger charge is 2.09. The van der Waals surface area contributed by atoms with Gasteiger partial charge in [-0.15, -0.1) is 0 Å².